The van der Waals surface area contributed by atoms with Crippen molar-refractivity contribution in [1.82, 2.24) is 9.55 Å². The first kappa shape index (κ1) is 23.9. The van der Waals surface area contributed by atoms with Crippen LogP contribution < -0.4 is 10.9 Å². The molecule has 1 unspecified atom stereocenters. The molecule has 0 saturated carbocycles. The van der Waals surface area contributed by atoms with Gasteiger partial charge in [0.25, 0.3) is 5.56 Å². The van der Waals surface area contributed by atoms with Gasteiger partial charge in [0.05, 0.1) is 6.33 Å². The Morgan fingerprint density at radius 1 is 1.09 bits per heavy atom. The van der Waals surface area contributed by atoms with Gasteiger partial charge in [0, 0.05) is 22.1 Å². The lowest BCUT2D eigenvalue weighted by molar-refractivity contribution is -0.147. The molecule has 0 saturated heterocycles. The molecule has 0 aliphatic rings. The predicted octanol–water partition coefficient (Wildman–Crippen LogP) is 3.94. The summed E-state index contributed by atoms with van der Waals surface area (Å²) >= 11 is 0. The van der Waals surface area contributed by atoms with Crippen LogP contribution in [0.5, 0.6) is 0 Å². The molecule has 4 aromatic rings. The highest BCUT2D eigenvalue weighted by atomic mass is 16.5. The van der Waals surface area contributed by atoms with E-state index in [1.54, 1.807) is 63.2 Å². The molecule has 0 aliphatic heterocycles. The highest BCUT2D eigenvalue weighted by Gasteiger charge is 2.23. The second-order valence-corrected chi connectivity index (χ2v) is 9.23. The number of carbonyl (C=O) groups excluding carboxylic acids is 3. The number of furan rings is 1. The second-order valence-electron chi connectivity index (χ2n) is 9.23. The number of esters is 1. The van der Waals surface area contributed by atoms with Gasteiger partial charge in [-0.05, 0) is 43.3 Å². The molecule has 1 atom stereocenters. The van der Waals surface area contributed by atoms with Crippen LogP contribution >= 0.6 is 0 Å². The van der Waals surface area contributed by atoms with E-state index < -0.39 is 35.4 Å². The van der Waals surface area contributed by atoms with Crippen molar-refractivity contribution in [2.24, 2.45) is 5.41 Å². The smallest absolute Gasteiger partial charge is 0.326 e. The van der Waals surface area contributed by atoms with Gasteiger partial charge < -0.3 is 14.5 Å². The largest absolute Gasteiger partial charge is 0.453 e. The first-order valence-corrected chi connectivity index (χ1v) is 11.1. The summed E-state index contributed by atoms with van der Waals surface area (Å²) < 4.78 is 11.9. The summed E-state index contributed by atoms with van der Waals surface area (Å²) in [4.78, 5) is 54.3. The molecule has 0 spiro atoms. The summed E-state index contributed by atoms with van der Waals surface area (Å²) in [5, 5.41) is 3.49. The Morgan fingerprint density at radius 2 is 1.77 bits per heavy atom. The number of anilines is 1. The van der Waals surface area contributed by atoms with E-state index >= 15 is 0 Å². The number of hydrogen-bond acceptors (Lipinski definition) is 7. The van der Waals surface area contributed by atoms with Gasteiger partial charge in [-0.25, -0.2) is 4.98 Å². The van der Waals surface area contributed by atoms with Crippen molar-refractivity contribution in [3.63, 3.8) is 0 Å². The summed E-state index contributed by atoms with van der Waals surface area (Å²) in [7, 11) is 0. The maximum Gasteiger partial charge on any atom is 0.326 e. The number of nitrogens with one attached hydrogen (secondary N) is 1. The van der Waals surface area contributed by atoms with Gasteiger partial charge in [0.1, 0.15) is 17.6 Å². The number of Topliss-reactive ketones (excluding diaryl/α,β-unsaturated/α-hetero) is 1. The van der Waals surface area contributed by atoms with E-state index in [4.69, 9.17) is 9.15 Å². The second kappa shape index (κ2) is 9.17. The third kappa shape index (κ3) is 4.98. The Balaban J connectivity index is 1.42. The van der Waals surface area contributed by atoms with Crippen LogP contribution in [0.2, 0.25) is 0 Å². The van der Waals surface area contributed by atoms with Crippen LogP contribution in [0.1, 0.15) is 38.1 Å². The fourth-order valence-corrected chi connectivity index (χ4v) is 3.43. The molecule has 9 nitrogen and oxygen atoms in total. The van der Waals surface area contributed by atoms with Gasteiger partial charge in [-0.15, -0.1) is 0 Å². The van der Waals surface area contributed by atoms with Crippen LogP contribution in [-0.2, 0) is 20.9 Å². The Labute approximate surface area is 200 Å². The SMILES string of the molecule is CC(OC(=O)Cn1cnc2c(oc3ccccc32)c1=O)C(=O)c1ccc(NC(=O)C(C)(C)C)cc1. The Morgan fingerprint density at radius 3 is 2.46 bits per heavy atom. The van der Waals surface area contributed by atoms with Crippen LogP contribution in [0, 0.1) is 5.41 Å². The molecule has 35 heavy (non-hydrogen) atoms. The predicted molar refractivity (Wildman–Crippen MR) is 130 cm³/mol. The van der Waals surface area contributed by atoms with Gasteiger partial charge in [0.2, 0.25) is 17.3 Å². The first-order chi connectivity index (χ1) is 16.5. The van der Waals surface area contributed by atoms with Crippen molar-refractivity contribution in [3.05, 3.63) is 70.8 Å². The lowest BCUT2D eigenvalue weighted by Crippen LogP contribution is -2.30. The molecule has 0 aliphatic carbocycles. The summed E-state index contributed by atoms with van der Waals surface area (Å²) in [6.45, 7) is 6.44. The monoisotopic (exact) mass is 475 g/mol. The lowest BCUT2D eigenvalue weighted by Gasteiger charge is -2.18. The summed E-state index contributed by atoms with van der Waals surface area (Å²) in [6.07, 6.45) is 0.182. The van der Waals surface area contributed by atoms with Gasteiger partial charge in [-0.1, -0.05) is 32.9 Å². The van der Waals surface area contributed by atoms with E-state index in [1.165, 1.54) is 13.3 Å². The highest BCUT2D eigenvalue weighted by molar-refractivity contribution is 6.02. The highest BCUT2D eigenvalue weighted by Crippen LogP contribution is 2.24. The number of hydrogen-bond donors (Lipinski definition) is 1. The third-order valence-corrected chi connectivity index (χ3v) is 5.44. The molecule has 1 N–H and O–H groups in total. The Kier molecular flexibility index (Phi) is 6.26. The quantitative estimate of drug-likeness (QED) is 0.331. The topological polar surface area (TPSA) is 120 Å². The normalized spacial score (nSPS) is 12.5. The van der Waals surface area contributed by atoms with Crippen LogP contribution in [0.15, 0.2) is 64.1 Å². The van der Waals surface area contributed by atoms with Crippen LogP contribution in [0.25, 0.3) is 22.1 Å². The summed E-state index contributed by atoms with van der Waals surface area (Å²) in [5.74, 6) is -1.33. The minimum atomic E-state index is -1.07. The molecular formula is C26H25N3O6. The molecule has 180 valence electrons. The maximum absolute atomic E-state index is 12.8. The standard InChI is InChI=1S/C26H25N3O6/c1-15(22(31)16-9-11-17(12-10-16)28-25(33)26(2,3)4)34-20(30)13-29-14-27-21-18-7-5-6-8-19(18)35-23(21)24(29)32/h5-12,14-15H,13H2,1-4H3,(H,28,33). The van der Waals surface area contributed by atoms with E-state index in [-0.39, 0.29) is 11.5 Å². The van der Waals surface area contributed by atoms with Crippen molar-refractivity contribution in [2.45, 2.75) is 40.3 Å². The van der Waals surface area contributed by atoms with Crippen LogP contribution in [-0.4, -0.2) is 33.3 Å². The maximum atomic E-state index is 12.8. The molecular weight excluding hydrogens is 450 g/mol. The third-order valence-electron chi connectivity index (χ3n) is 5.44. The molecule has 0 radical (unpaired) electrons. The minimum Gasteiger partial charge on any atom is -0.453 e. The molecule has 0 bridgehead atoms. The van der Waals surface area contributed by atoms with Crippen molar-refractivity contribution in [3.8, 4) is 0 Å². The number of ketones is 1. The summed E-state index contributed by atoms with van der Waals surface area (Å²) in [6, 6.07) is 13.4. The van der Waals surface area contributed by atoms with Gasteiger partial charge >= 0.3 is 5.97 Å². The number of ether oxygens (including phenoxy) is 1. The molecule has 4 rings (SSSR count). The summed E-state index contributed by atoms with van der Waals surface area (Å²) in [5.41, 5.74) is 0.792. The average Bonchev–Trinajstić information content (AvgIpc) is 3.20. The first-order valence-electron chi connectivity index (χ1n) is 11.1. The number of nitrogens with zero attached hydrogens (tertiary/aromatic N) is 2. The molecule has 9 heteroatoms. The minimum absolute atomic E-state index is 0.0456. The average molecular weight is 476 g/mol. The van der Waals surface area contributed by atoms with Crippen molar-refractivity contribution in [2.75, 3.05) is 5.32 Å². The van der Waals surface area contributed by atoms with Crippen molar-refractivity contribution >= 4 is 45.4 Å². The lowest BCUT2D eigenvalue weighted by atomic mass is 9.95. The fourth-order valence-electron chi connectivity index (χ4n) is 3.43. The number of benzene rings is 2. The van der Waals surface area contributed by atoms with E-state index in [9.17, 15) is 19.2 Å². The zero-order valence-electron chi connectivity index (χ0n) is 19.8. The number of rotatable bonds is 6. The number of aromatic nitrogens is 2. The molecule has 0 fully saturated rings. The number of amides is 1. The number of fused-ring (bicyclic) bond motifs is 3. The fraction of sp³-hybridized carbons (Fsp3) is 0.269. The van der Waals surface area contributed by atoms with E-state index in [0.29, 0.717) is 27.7 Å². The molecule has 2 aromatic heterocycles. The van der Waals surface area contributed by atoms with E-state index in [1.807, 2.05) is 6.07 Å². The molecule has 2 aromatic carbocycles. The van der Waals surface area contributed by atoms with Crippen LogP contribution in [0.3, 0.4) is 0 Å². The zero-order valence-corrected chi connectivity index (χ0v) is 19.8. The number of carbonyl (C=O) groups is 3. The molecule has 2 heterocycles. The molecule has 1 amide bonds. The van der Waals surface area contributed by atoms with Gasteiger partial charge in [0.15, 0.2) is 6.10 Å². The van der Waals surface area contributed by atoms with Crippen molar-refractivity contribution in [1.29, 1.82) is 0 Å². The van der Waals surface area contributed by atoms with E-state index in [2.05, 4.69) is 10.3 Å². The Bertz CT molecular complexity index is 1490. The van der Waals surface area contributed by atoms with E-state index in [0.717, 1.165) is 4.57 Å². The zero-order chi connectivity index (χ0) is 25.3. The Hall–Kier alpha value is -4.27. The van der Waals surface area contributed by atoms with Crippen molar-refractivity contribution < 1.29 is 23.5 Å². The van der Waals surface area contributed by atoms with Crippen LogP contribution in [0.4, 0.5) is 5.69 Å². The number of para-hydroxylation sites is 1. The van der Waals surface area contributed by atoms with Gasteiger partial charge in [-0.2, -0.15) is 0 Å². The van der Waals surface area contributed by atoms with Gasteiger partial charge in [-0.3, -0.25) is 23.7 Å².